The average Bonchev–Trinajstić information content (AvgIpc) is 2.75. The molecule has 0 aromatic carbocycles. The van der Waals surface area contributed by atoms with E-state index < -0.39 is 9.84 Å². The van der Waals surface area contributed by atoms with Gasteiger partial charge in [-0.25, -0.2) is 13.1 Å². The molecule has 0 amide bonds. The van der Waals surface area contributed by atoms with Crippen molar-refractivity contribution in [2.75, 3.05) is 6.26 Å². The maximum Gasteiger partial charge on any atom is 0.209 e. The van der Waals surface area contributed by atoms with Gasteiger partial charge in [0.05, 0.1) is 17.5 Å². The van der Waals surface area contributed by atoms with E-state index in [0.29, 0.717) is 5.69 Å². The van der Waals surface area contributed by atoms with Crippen LogP contribution in [-0.2, 0) is 15.6 Å². The third kappa shape index (κ3) is 2.06. The minimum Gasteiger partial charge on any atom is -0.493 e. The van der Waals surface area contributed by atoms with Crippen LogP contribution < -0.4 is 0 Å². The summed E-state index contributed by atoms with van der Waals surface area (Å²) in [7, 11) is -3.07. The molecule has 1 heterocycles. The monoisotopic (exact) mass is 216 g/mol. The number of hydrogen-bond acceptors (Lipinski definition) is 4. The molecule has 0 saturated heterocycles. The van der Waals surface area contributed by atoms with Crippen LogP contribution in [0.2, 0.25) is 0 Å². The van der Waals surface area contributed by atoms with Gasteiger partial charge in [-0.15, -0.1) is 0 Å². The first-order valence-electron chi connectivity index (χ1n) is 4.41. The highest BCUT2D eigenvalue weighted by atomic mass is 32.2. The summed E-state index contributed by atoms with van der Waals surface area (Å²) in [4.78, 5) is 0. The Morgan fingerprint density at radius 1 is 1.64 bits per heavy atom. The Morgan fingerprint density at radius 2 is 2.29 bits per heavy atom. The third-order valence-corrected chi connectivity index (χ3v) is 2.89. The first-order valence-corrected chi connectivity index (χ1v) is 6.47. The number of aromatic hydroxyl groups is 1. The van der Waals surface area contributed by atoms with E-state index in [2.05, 4.69) is 5.10 Å². The van der Waals surface area contributed by atoms with Crippen molar-refractivity contribution in [1.82, 2.24) is 9.78 Å². The quantitative estimate of drug-likeness (QED) is 0.797. The van der Waals surface area contributed by atoms with Gasteiger partial charge < -0.3 is 5.11 Å². The third-order valence-electron chi connectivity index (χ3n) is 2.07. The van der Waals surface area contributed by atoms with Crippen molar-refractivity contribution in [3.63, 3.8) is 0 Å². The van der Waals surface area contributed by atoms with Crippen LogP contribution in [0, 0.1) is 0 Å². The van der Waals surface area contributed by atoms with Crippen molar-refractivity contribution in [2.24, 2.45) is 0 Å². The van der Waals surface area contributed by atoms with Gasteiger partial charge in [0.1, 0.15) is 0 Å². The smallest absolute Gasteiger partial charge is 0.209 e. The van der Waals surface area contributed by atoms with Gasteiger partial charge in [-0.1, -0.05) is 0 Å². The van der Waals surface area contributed by atoms with Crippen molar-refractivity contribution in [1.29, 1.82) is 0 Å². The van der Waals surface area contributed by atoms with Crippen LogP contribution in [0.25, 0.3) is 0 Å². The summed E-state index contributed by atoms with van der Waals surface area (Å²) in [5, 5.41) is 13.5. The van der Waals surface area contributed by atoms with E-state index in [1.54, 1.807) is 0 Å². The number of nitrogens with zero attached hydrogens (tertiary/aromatic N) is 2. The number of sulfone groups is 1. The molecule has 1 aromatic rings. The van der Waals surface area contributed by atoms with Crippen molar-refractivity contribution in [3.8, 4) is 5.88 Å². The van der Waals surface area contributed by atoms with Crippen molar-refractivity contribution in [3.05, 3.63) is 11.8 Å². The summed E-state index contributed by atoms with van der Waals surface area (Å²) in [6.07, 6.45) is 3.17. The molecule has 1 aliphatic carbocycles. The summed E-state index contributed by atoms with van der Waals surface area (Å²) < 4.78 is 23.5. The standard InChI is InChI=1S/C8H12N2O3S/c1-14(12,13)5-6-4-8(11)10(9-6)7-2-3-7/h4,7,11H,2-3,5H2,1H3. The fraction of sp³-hybridized carbons (Fsp3) is 0.625. The molecular formula is C8H12N2O3S. The largest absolute Gasteiger partial charge is 0.493 e. The highest BCUT2D eigenvalue weighted by molar-refractivity contribution is 7.89. The molecule has 0 radical (unpaired) electrons. The fourth-order valence-electron chi connectivity index (χ4n) is 1.36. The maximum atomic E-state index is 11.0. The average molecular weight is 216 g/mol. The second-order valence-corrected chi connectivity index (χ2v) is 5.88. The second-order valence-electron chi connectivity index (χ2n) is 3.74. The van der Waals surface area contributed by atoms with E-state index in [4.69, 9.17) is 0 Å². The lowest BCUT2D eigenvalue weighted by Gasteiger charge is -1.97. The van der Waals surface area contributed by atoms with Crippen LogP contribution in [0.1, 0.15) is 24.6 Å². The summed E-state index contributed by atoms with van der Waals surface area (Å²) in [5.41, 5.74) is 0.414. The molecule has 0 unspecified atom stereocenters. The molecule has 0 aliphatic heterocycles. The van der Waals surface area contributed by atoms with Crippen LogP contribution in [0.15, 0.2) is 6.07 Å². The maximum absolute atomic E-state index is 11.0. The zero-order chi connectivity index (χ0) is 10.3. The van der Waals surface area contributed by atoms with Gasteiger partial charge in [0, 0.05) is 12.3 Å². The van der Waals surface area contributed by atoms with Crippen LogP contribution in [-0.4, -0.2) is 29.6 Å². The molecule has 1 N–H and O–H groups in total. The topological polar surface area (TPSA) is 72.2 Å². The molecule has 0 bridgehead atoms. The Morgan fingerprint density at radius 3 is 2.79 bits per heavy atom. The van der Waals surface area contributed by atoms with Crippen LogP contribution in [0.5, 0.6) is 5.88 Å². The van der Waals surface area contributed by atoms with E-state index in [1.165, 1.54) is 10.7 Å². The predicted molar refractivity (Wildman–Crippen MR) is 50.7 cm³/mol. The predicted octanol–water partition coefficient (Wildman–Crippen LogP) is 0.468. The number of rotatable bonds is 3. The molecule has 1 fully saturated rings. The minimum absolute atomic E-state index is 0.0613. The van der Waals surface area contributed by atoms with Crippen molar-refractivity contribution >= 4 is 9.84 Å². The molecule has 6 heteroatoms. The molecule has 14 heavy (non-hydrogen) atoms. The van der Waals surface area contributed by atoms with E-state index in [-0.39, 0.29) is 17.7 Å². The highest BCUT2D eigenvalue weighted by Gasteiger charge is 2.27. The number of hydrogen-bond donors (Lipinski definition) is 1. The van der Waals surface area contributed by atoms with E-state index in [0.717, 1.165) is 19.1 Å². The Labute approximate surface area is 82.3 Å². The molecule has 2 rings (SSSR count). The molecule has 5 nitrogen and oxygen atoms in total. The minimum atomic E-state index is -3.07. The van der Waals surface area contributed by atoms with Gasteiger partial charge in [-0.2, -0.15) is 5.10 Å². The molecular weight excluding hydrogens is 204 g/mol. The van der Waals surface area contributed by atoms with Gasteiger partial charge >= 0.3 is 0 Å². The highest BCUT2D eigenvalue weighted by Crippen LogP contribution is 2.37. The first-order chi connectivity index (χ1) is 6.46. The Hall–Kier alpha value is -1.04. The normalized spacial score (nSPS) is 17.2. The van der Waals surface area contributed by atoms with Crippen molar-refractivity contribution in [2.45, 2.75) is 24.6 Å². The van der Waals surface area contributed by atoms with Crippen LogP contribution in [0.4, 0.5) is 0 Å². The van der Waals surface area contributed by atoms with Gasteiger partial charge in [0.15, 0.2) is 9.84 Å². The van der Waals surface area contributed by atoms with E-state index in [9.17, 15) is 13.5 Å². The molecule has 0 atom stereocenters. The van der Waals surface area contributed by atoms with Gasteiger partial charge in [-0.3, -0.25) is 0 Å². The van der Waals surface area contributed by atoms with Gasteiger partial charge in [0.25, 0.3) is 0 Å². The van der Waals surface area contributed by atoms with Gasteiger partial charge in [-0.05, 0) is 12.8 Å². The molecule has 78 valence electrons. The Kier molecular flexibility index (Phi) is 2.02. The van der Waals surface area contributed by atoms with E-state index >= 15 is 0 Å². The summed E-state index contributed by atoms with van der Waals surface area (Å²) >= 11 is 0. The zero-order valence-electron chi connectivity index (χ0n) is 7.84. The van der Waals surface area contributed by atoms with Gasteiger partial charge in [0.2, 0.25) is 5.88 Å². The summed E-state index contributed by atoms with van der Waals surface area (Å²) in [6.45, 7) is 0. The first kappa shape index (κ1) is 9.51. The lowest BCUT2D eigenvalue weighted by molar-refractivity contribution is 0.401. The lowest BCUT2D eigenvalue weighted by atomic mass is 10.5. The lowest BCUT2D eigenvalue weighted by Crippen LogP contribution is -2.03. The molecule has 0 spiro atoms. The van der Waals surface area contributed by atoms with Crippen LogP contribution >= 0.6 is 0 Å². The Bertz CT molecular complexity index is 445. The Balaban J connectivity index is 2.23. The van der Waals surface area contributed by atoms with Crippen molar-refractivity contribution < 1.29 is 13.5 Å². The molecule has 1 aliphatic rings. The SMILES string of the molecule is CS(=O)(=O)Cc1cc(O)n(C2CC2)n1. The number of aromatic nitrogens is 2. The fourth-order valence-corrected chi connectivity index (χ4v) is 2.04. The zero-order valence-corrected chi connectivity index (χ0v) is 8.66. The van der Waals surface area contributed by atoms with E-state index in [1.807, 2.05) is 0 Å². The second kappa shape index (κ2) is 2.98. The molecule has 1 aromatic heterocycles. The summed E-state index contributed by atoms with van der Waals surface area (Å²) in [5.74, 6) is -0.0496. The summed E-state index contributed by atoms with van der Waals surface area (Å²) in [6, 6.07) is 1.68. The molecule has 1 saturated carbocycles. The van der Waals surface area contributed by atoms with Crippen LogP contribution in [0.3, 0.4) is 0 Å².